The SMILES string of the molecule is Cc1cc(-n2c(C)cc(C(=O)CSc3nnc(Cc4cccs4)n3-c3ccccc3)c2C)no1. The maximum absolute atomic E-state index is 13.2. The molecular formula is C25H23N5O2S2. The molecule has 0 aliphatic rings. The van der Waals surface area contributed by atoms with Crippen molar-refractivity contribution in [2.75, 3.05) is 5.75 Å². The Kier molecular flexibility index (Phi) is 6.21. The molecular weight excluding hydrogens is 466 g/mol. The molecule has 1 aromatic carbocycles. The van der Waals surface area contributed by atoms with Crippen molar-refractivity contribution in [3.05, 3.63) is 93.4 Å². The van der Waals surface area contributed by atoms with Crippen LogP contribution in [-0.4, -0.2) is 36.0 Å². The number of aromatic nitrogens is 5. The lowest BCUT2D eigenvalue weighted by atomic mass is 10.2. The fraction of sp³-hybridized carbons (Fsp3) is 0.200. The summed E-state index contributed by atoms with van der Waals surface area (Å²) in [6, 6.07) is 17.9. The van der Waals surface area contributed by atoms with Crippen LogP contribution in [0.2, 0.25) is 0 Å². The highest BCUT2D eigenvalue weighted by Crippen LogP contribution is 2.27. The van der Waals surface area contributed by atoms with Gasteiger partial charge >= 0.3 is 0 Å². The number of rotatable bonds is 8. The summed E-state index contributed by atoms with van der Waals surface area (Å²) in [7, 11) is 0. The third-order valence-electron chi connectivity index (χ3n) is 5.54. The zero-order chi connectivity index (χ0) is 23.7. The first-order chi connectivity index (χ1) is 16.5. The fourth-order valence-electron chi connectivity index (χ4n) is 3.98. The van der Waals surface area contributed by atoms with Crippen LogP contribution in [0.4, 0.5) is 0 Å². The van der Waals surface area contributed by atoms with Crippen LogP contribution in [0.3, 0.4) is 0 Å². The van der Waals surface area contributed by atoms with E-state index in [1.165, 1.54) is 16.6 Å². The summed E-state index contributed by atoms with van der Waals surface area (Å²) in [5, 5.41) is 15.8. The quantitative estimate of drug-likeness (QED) is 0.209. The van der Waals surface area contributed by atoms with Crippen molar-refractivity contribution in [2.45, 2.75) is 32.3 Å². The van der Waals surface area contributed by atoms with Crippen molar-refractivity contribution in [2.24, 2.45) is 0 Å². The normalized spacial score (nSPS) is 11.3. The van der Waals surface area contributed by atoms with Crippen LogP contribution in [-0.2, 0) is 6.42 Å². The Hall–Kier alpha value is -3.43. The molecule has 0 radical (unpaired) electrons. The van der Waals surface area contributed by atoms with Crippen LogP contribution in [0.1, 0.15) is 38.2 Å². The Morgan fingerprint density at radius 2 is 1.85 bits per heavy atom. The van der Waals surface area contributed by atoms with Gasteiger partial charge in [0.15, 0.2) is 16.8 Å². The molecule has 7 nitrogen and oxygen atoms in total. The summed E-state index contributed by atoms with van der Waals surface area (Å²) in [4.78, 5) is 14.4. The van der Waals surface area contributed by atoms with Crippen LogP contribution >= 0.6 is 23.1 Å². The number of nitrogens with zero attached hydrogens (tertiary/aromatic N) is 5. The molecule has 0 aliphatic carbocycles. The summed E-state index contributed by atoms with van der Waals surface area (Å²) in [6.45, 7) is 5.74. The molecule has 172 valence electrons. The summed E-state index contributed by atoms with van der Waals surface area (Å²) in [5.74, 6) is 2.55. The molecule has 9 heteroatoms. The van der Waals surface area contributed by atoms with E-state index in [-0.39, 0.29) is 11.5 Å². The first-order valence-electron chi connectivity index (χ1n) is 10.8. The van der Waals surface area contributed by atoms with E-state index in [9.17, 15) is 4.79 Å². The lowest BCUT2D eigenvalue weighted by Crippen LogP contribution is -2.07. The minimum absolute atomic E-state index is 0.0342. The van der Waals surface area contributed by atoms with E-state index in [4.69, 9.17) is 4.52 Å². The van der Waals surface area contributed by atoms with E-state index < -0.39 is 0 Å². The predicted octanol–water partition coefficient (Wildman–Crippen LogP) is 5.60. The van der Waals surface area contributed by atoms with E-state index in [0.29, 0.717) is 23.0 Å². The maximum atomic E-state index is 13.2. The zero-order valence-corrected chi connectivity index (χ0v) is 20.7. The van der Waals surface area contributed by atoms with E-state index in [0.717, 1.165) is 28.7 Å². The molecule has 4 aromatic heterocycles. The standard InChI is InChI=1S/C25H23N5O2S2/c1-16-12-21(18(3)29(16)24-13-17(2)32-28-24)22(31)15-34-25-27-26-23(14-20-10-7-11-33-20)30(25)19-8-5-4-6-9-19/h4-13H,14-15H2,1-3H3. The summed E-state index contributed by atoms with van der Waals surface area (Å²) < 4.78 is 9.21. The Labute approximate surface area is 205 Å². The number of thioether (sulfide) groups is 1. The lowest BCUT2D eigenvalue weighted by molar-refractivity contribution is 0.102. The molecule has 0 atom stereocenters. The Morgan fingerprint density at radius 1 is 1.03 bits per heavy atom. The van der Waals surface area contributed by atoms with Crippen LogP contribution in [0.25, 0.3) is 11.5 Å². The van der Waals surface area contributed by atoms with Gasteiger partial charge in [-0.15, -0.1) is 21.5 Å². The Bertz CT molecular complexity index is 1430. The highest BCUT2D eigenvalue weighted by molar-refractivity contribution is 7.99. The summed E-state index contributed by atoms with van der Waals surface area (Å²) in [6.07, 6.45) is 0.687. The molecule has 4 heterocycles. The van der Waals surface area contributed by atoms with Crippen molar-refractivity contribution in [3.63, 3.8) is 0 Å². The van der Waals surface area contributed by atoms with E-state index in [2.05, 4.69) is 26.8 Å². The minimum atomic E-state index is 0.0342. The Balaban J connectivity index is 1.40. The molecule has 0 aliphatic heterocycles. The smallest absolute Gasteiger partial charge is 0.196 e. The van der Waals surface area contributed by atoms with Gasteiger partial charge in [-0.1, -0.05) is 41.2 Å². The third-order valence-corrected chi connectivity index (χ3v) is 7.34. The van der Waals surface area contributed by atoms with E-state index in [1.807, 2.05) is 78.4 Å². The molecule has 0 saturated carbocycles. The molecule has 0 N–H and O–H groups in total. The van der Waals surface area contributed by atoms with Crippen molar-refractivity contribution < 1.29 is 9.32 Å². The number of thiophene rings is 1. The van der Waals surface area contributed by atoms with Crippen LogP contribution in [0.5, 0.6) is 0 Å². The van der Waals surface area contributed by atoms with Crippen molar-refractivity contribution in [3.8, 4) is 11.5 Å². The maximum Gasteiger partial charge on any atom is 0.196 e. The summed E-state index contributed by atoms with van der Waals surface area (Å²) >= 11 is 3.10. The van der Waals surface area contributed by atoms with Gasteiger partial charge in [0.2, 0.25) is 0 Å². The number of carbonyl (C=O) groups excluding carboxylic acids is 1. The van der Waals surface area contributed by atoms with Crippen molar-refractivity contribution in [1.82, 2.24) is 24.5 Å². The van der Waals surface area contributed by atoms with Gasteiger partial charge in [-0.05, 0) is 50.4 Å². The van der Waals surface area contributed by atoms with Gasteiger partial charge in [-0.2, -0.15) is 0 Å². The number of hydrogen-bond acceptors (Lipinski definition) is 7. The molecule has 0 amide bonds. The summed E-state index contributed by atoms with van der Waals surface area (Å²) in [5.41, 5.74) is 3.44. The molecule has 34 heavy (non-hydrogen) atoms. The number of ketones is 1. The van der Waals surface area contributed by atoms with E-state index >= 15 is 0 Å². The number of aryl methyl sites for hydroxylation is 2. The average Bonchev–Trinajstić information content (AvgIpc) is 3.62. The Morgan fingerprint density at radius 3 is 2.56 bits per heavy atom. The van der Waals surface area contributed by atoms with Gasteiger partial charge in [0.1, 0.15) is 11.6 Å². The lowest BCUT2D eigenvalue weighted by Gasteiger charge is -2.10. The first-order valence-corrected chi connectivity index (χ1v) is 12.7. The third kappa shape index (κ3) is 4.36. The number of benzene rings is 1. The molecule has 0 bridgehead atoms. The number of carbonyl (C=O) groups is 1. The van der Waals surface area contributed by atoms with Gasteiger partial charge < -0.3 is 4.52 Å². The number of para-hydroxylation sites is 1. The van der Waals surface area contributed by atoms with E-state index in [1.54, 1.807) is 11.3 Å². The van der Waals surface area contributed by atoms with Gasteiger partial charge in [-0.3, -0.25) is 13.9 Å². The van der Waals surface area contributed by atoms with Gasteiger partial charge in [-0.25, -0.2) is 0 Å². The first kappa shape index (κ1) is 22.4. The fourth-order valence-corrected chi connectivity index (χ4v) is 5.53. The highest BCUT2D eigenvalue weighted by Gasteiger charge is 2.21. The monoisotopic (exact) mass is 489 g/mol. The minimum Gasteiger partial charge on any atom is -0.360 e. The van der Waals surface area contributed by atoms with Gasteiger partial charge in [0.25, 0.3) is 0 Å². The van der Waals surface area contributed by atoms with Crippen LogP contribution in [0, 0.1) is 20.8 Å². The molecule has 5 rings (SSSR count). The molecule has 0 spiro atoms. The largest absolute Gasteiger partial charge is 0.360 e. The second kappa shape index (κ2) is 9.44. The molecule has 0 unspecified atom stereocenters. The second-order valence-electron chi connectivity index (χ2n) is 7.95. The van der Waals surface area contributed by atoms with Gasteiger partial charge in [0.05, 0.1) is 5.75 Å². The molecule has 5 aromatic rings. The van der Waals surface area contributed by atoms with Crippen molar-refractivity contribution >= 4 is 28.9 Å². The average molecular weight is 490 g/mol. The van der Waals surface area contributed by atoms with Gasteiger partial charge in [0, 0.05) is 40.0 Å². The molecule has 0 saturated heterocycles. The zero-order valence-electron chi connectivity index (χ0n) is 19.1. The van der Waals surface area contributed by atoms with Crippen molar-refractivity contribution in [1.29, 1.82) is 0 Å². The number of Topliss-reactive ketones (excluding diaryl/α,β-unsaturated/α-hetero) is 1. The highest BCUT2D eigenvalue weighted by atomic mass is 32.2. The predicted molar refractivity (Wildman–Crippen MR) is 134 cm³/mol. The topological polar surface area (TPSA) is 78.7 Å². The van der Waals surface area contributed by atoms with Crippen LogP contribution < -0.4 is 0 Å². The molecule has 0 fully saturated rings. The second-order valence-corrected chi connectivity index (χ2v) is 9.93. The number of hydrogen-bond donors (Lipinski definition) is 0. The van der Waals surface area contributed by atoms with Crippen LogP contribution in [0.15, 0.2) is 69.7 Å².